The fourth-order valence-corrected chi connectivity index (χ4v) is 5.31. The van der Waals surface area contributed by atoms with E-state index >= 15 is 0 Å². The summed E-state index contributed by atoms with van der Waals surface area (Å²) in [6, 6.07) is 9.93. The first-order valence-electron chi connectivity index (χ1n) is 11.8. The number of hydrogen-bond acceptors (Lipinski definition) is 6. The maximum absolute atomic E-state index is 12.5. The number of aromatic nitrogens is 1. The van der Waals surface area contributed by atoms with Crippen LogP contribution in [0.3, 0.4) is 0 Å². The molecule has 2 fully saturated rings. The van der Waals surface area contributed by atoms with Crippen LogP contribution in [0, 0.1) is 0 Å². The van der Waals surface area contributed by atoms with Gasteiger partial charge in [0.15, 0.2) is 11.5 Å². The molecule has 2 heterocycles. The Morgan fingerprint density at radius 2 is 1.84 bits per heavy atom. The highest BCUT2D eigenvalue weighted by Gasteiger charge is 2.50. The maximum atomic E-state index is 12.5. The largest absolute Gasteiger partial charge is 0.493 e. The van der Waals surface area contributed by atoms with Crippen molar-refractivity contribution in [3.63, 3.8) is 0 Å². The number of aliphatic carboxylic acids is 1. The summed E-state index contributed by atoms with van der Waals surface area (Å²) in [5.74, 6) is -1.25. The van der Waals surface area contributed by atoms with Crippen molar-refractivity contribution in [1.29, 1.82) is 0 Å². The third-order valence-corrected chi connectivity index (χ3v) is 7.27. The molecule has 2 amide bonds. The first-order chi connectivity index (χ1) is 17.9. The highest BCUT2D eigenvalue weighted by atomic mass is 35.5. The first-order valence-corrected chi connectivity index (χ1v) is 12.2. The lowest BCUT2D eigenvalue weighted by atomic mass is 9.65. The van der Waals surface area contributed by atoms with Gasteiger partial charge in [0.1, 0.15) is 5.15 Å². The summed E-state index contributed by atoms with van der Waals surface area (Å²) in [5, 5.41) is 13.5. The number of likely N-dealkylation sites (tertiary alicyclic amines) is 1. The number of anilines is 1. The third kappa shape index (κ3) is 6.79. The van der Waals surface area contributed by atoms with Gasteiger partial charge in [0.25, 0.3) is 0 Å². The highest BCUT2D eigenvalue weighted by Crippen LogP contribution is 2.49. The van der Waals surface area contributed by atoms with Crippen LogP contribution in [0.4, 0.5) is 23.7 Å². The summed E-state index contributed by atoms with van der Waals surface area (Å²) in [6.45, 7) is 1.04. The molecule has 1 aliphatic carbocycles. The number of nitrogens with zero attached hydrogens (tertiary/aromatic N) is 2. The van der Waals surface area contributed by atoms with Crippen LogP contribution in [0.2, 0.25) is 5.15 Å². The van der Waals surface area contributed by atoms with Gasteiger partial charge in [-0.05, 0) is 69.1 Å². The molecule has 1 aromatic carbocycles. The molecule has 13 heteroatoms. The Morgan fingerprint density at radius 1 is 1.16 bits per heavy atom. The Balaban J connectivity index is 0.000000505. The van der Waals surface area contributed by atoms with Crippen LogP contribution in [0.15, 0.2) is 36.5 Å². The van der Waals surface area contributed by atoms with Crippen LogP contribution >= 0.6 is 11.6 Å². The molecular weight excluding hydrogens is 529 g/mol. The van der Waals surface area contributed by atoms with Gasteiger partial charge in [-0.2, -0.15) is 13.2 Å². The molecule has 1 aromatic heterocycles. The number of alkyl halides is 3. The molecule has 0 radical (unpaired) electrons. The number of halogens is 4. The third-order valence-electron chi connectivity index (χ3n) is 7.05. The number of hydrogen-bond donors (Lipinski definition) is 3. The van der Waals surface area contributed by atoms with E-state index in [0.29, 0.717) is 16.9 Å². The molecule has 3 N–H and O–H groups in total. The van der Waals surface area contributed by atoms with Gasteiger partial charge in [0, 0.05) is 17.5 Å². The SMILES string of the molecule is COc1ccc([C@@]23CC[C@@H](NC(=O)Nc4ccc(Cl)nc4)C[C@@H]2N(C)CC3)cc1OC.O=C(O)C(F)(F)F. The molecule has 3 atom stereocenters. The lowest BCUT2D eigenvalue weighted by molar-refractivity contribution is -0.192. The molecule has 0 spiro atoms. The minimum absolute atomic E-state index is 0.0586. The lowest BCUT2D eigenvalue weighted by Crippen LogP contribution is -2.52. The zero-order valence-electron chi connectivity index (χ0n) is 21.1. The van der Waals surface area contributed by atoms with E-state index in [1.807, 2.05) is 6.07 Å². The number of ether oxygens (including phenoxy) is 2. The average Bonchev–Trinajstić information content (AvgIpc) is 3.21. The number of benzene rings is 1. The number of fused-ring (bicyclic) bond motifs is 1. The van der Waals surface area contributed by atoms with E-state index in [0.717, 1.165) is 43.7 Å². The van der Waals surface area contributed by atoms with Crippen LogP contribution in [0.1, 0.15) is 31.2 Å². The molecule has 9 nitrogen and oxygen atoms in total. The molecule has 2 aromatic rings. The summed E-state index contributed by atoms with van der Waals surface area (Å²) >= 11 is 5.81. The Morgan fingerprint density at radius 3 is 2.42 bits per heavy atom. The van der Waals surface area contributed by atoms with E-state index in [-0.39, 0.29) is 17.5 Å². The monoisotopic (exact) mass is 558 g/mol. The van der Waals surface area contributed by atoms with Crippen LogP contribution < -0.4 is 20.1 Å². The Labute approximate surface area is 223 Å². The molecule has 1 saturated carbocycles. The van der Waals surface area contributed by atoms with Crippen molar-refractivity contribution in [2.45, 2.75) is 49.4 Å². The second kappa shape index (κ2) is 12.1. The number of likely N-dealkylation sites (N-methyl/N-ethyl adjacent to an activating group) is 1. The van der Waals surface area contributed by atoms with Crippen LogP contribution in [-0.2, 0) is 10.2 Å². The van der Waals surface area contributed by atoms with Crippen LogP contribution in [0.5, 0.6) is 11.5 Å². The molecule has 4 rings (SSSR count). The fraction of sp³-hybridized carbons (Fsp3) is 0.480. The van der Waals surface area contributed by atoms with Gasteiger partial charge in [-0.15, -0.1) is 0 Å². The summed E-state index contributed by atoms with van der Waals surface area (Å²) in [5.41, 5.74) is 1.97. The van der Waals surface area contributed by atoms with Crippen molar-refractivity contribution < 1.29 is 37.3 Å². The maximum Gasteiger partial charge on any atom is 0.490 e. The second-order valence-corrected chi connectivity index (χ2v) is 9.60. The number of nitrogens with one attached hydrogen (secondary N) is 2. The Bertz CT molecular complexity index is 1130. The Hall–Kier alpha value is -3.25. The smallest absolute Gasteiger partial charge is 0.490 e. The molecule has 2 aliphatic rings. The molecule has 208 valence electrons. The van der Waals surface area contributed by atoms with Crippen molar-refractivity contribution in [3.05, 3.63) is 47.2 Å². The molecule has 1 aliphatic heterocycles. The van der Waals surface area contributed by atoms with Gasteiger partial charge in [-0.25, -0.2) is 14.6 Å². The summed E-state index contributed by atoms with van der Waals surface area (Å²) in [4.78, 5) is 27.8. The average molecular weight is 559 g/mol. The minimum Gasteiger partial charge on any atom is -0.493 e. The van der Waals surface area contributed by atoms with Gasteiger partial charge >= 0.3 is 18.2 Å². The lowest BCUT2D eigenvalue weighted by Gasteiger charge is -2.45. The number of methoxy groups -OCH3 is 2. The van der Waals surface area contributed by atoms with E-state index in [9.17, 15) is 18.0 Å². The highest BCUT2D eigenvalue weighted by molar-refractivity contribution is 6.29. The molecule has 0 bridgehead atoms. The number of urea groups is 1. The van der Waals surface area contributed by atoms with Crippen molar-refractivity contribution in [2.24, 2.45) is 0 Å². The zero-order chi connectivity index (χ0) is 28.1. The number of amides is 2. The number of rotatable bonds is 5. The predicted octanol–water partition coefficient (Wildman–Crippen LogP) is 4.70. The van der Waals surface area contributed by atoms with Crippen molar-refractivity contribution in [3.8, 4) is 11.5 Å². The normalized spacial score (nSPS) is 22.9. The topological polar surface area (TPSA) is 113 Å². The summed E-state index contributed by atoms with van der Waals surface area (Å²) < 4.78 is 42.7. The van der Waals surface area contributed by atoms with Crippen molar-refractivity contribution in [1.82, 2.24) is 15.2 Å². The summed E-state index contributed by atoms with van der Waals surface area (Å²) in [6.07, 6.45) is 0.391. The fourth-order valence-electron chi connectivity index (χ4n) is 5.20. The minimum atomic E-state index is -5.08. The number of carboxylic acid groups (broad SMARTS) is 1. The quantitative estimate of drug-likeness (QED) is 0.456. The number of carbonyl (C=O) groups excluding carboxylic acids is 1. The van der Waals surface area contributed by atoms with E-state index in [2.05, 4.69) is 39.7 Å². The van der Waals surface area contributed by atoms with Crippen molar-refractivity contribution >= 4 is 29.3 Å². The zero-order valence-corrected chi connectivity index (χ0v) is 21.9. The molecule has 1 saturated heterocycles. The standard InChI is InChI=1S/C23H29ClN4O3.C2HF3O2/c1-28-11-10-23(15-4-6-18(30-2)19(12-15)31-3)9-8-16(13-20(23)28)26-22(29)27-17-5-7-21(24)25-14-17;3-2(4,5)1(6)7/h4-7,12,14,16,20H,8-11,13H2,1-3H3,(H2,26,27,29);(H,6,7)/t16-,20+,23+;/m1./s1. The second-order valence-electron chi connectivity index (χ2n) is 9.21. The van der Waals surface area contributed by atoms with Gasteiger partial charge in [-0.1, -0.05) is 17.7 Å². The van der Waals surface area contributed by atoms with Gasteiger partial charge < -0.3 is 30.1 Å². The summed E-state index contributed by atoms with van der Waals surface area (Å²) in [7, 11) is 5.51. The predicted molar refractivity (Wildman–Crippen MR) is 135 cm³/mol. The van der Waals surface area contributed by atoms with Crippen LogP contribution in [0.25, 0.3) is 0 Å². The van der Waals surface area contributed by atoms with E-state index in [1.165, 1.54) is 5.56 Å². The van der Waals surface area contributed by atoms with E-state index in [4.69, 9.17) is 31.0 Å². The number of pyridine rings is 1. The molecular formula is C25H30ClF3N4O5. The molecule has 0 unspecified atom stereocenters. The number of carbonyl (C=O) groups is 2. The van der Waals surface area contributed by atoms with Gasteiger partial charge in [0.2, 0.25) is 0 Å². The van der Waals surface area contributed by atoms with E-state index < -0.39 is 12.1 Å². The Kier molecular flexibility index (Phi) is 9.31. The van der Waals surface area contributed by atoms with Crippen molar-refractivity contribution in [2.75, 3.05) is 33.1 Å². The first kappa shape index (κ1) is 29.3. The van der Waals surface area contributed by atoms with Gasteiger partial charge in [-0.3, -0.25) is 0 Å². The van der Waals surface area contributed by atoms with Gasteiger partial charge in [0.05, 0.1) is 26.1 Å². The van der Waals surface area contributed by atoms with Crippen LogP contribution in [-0.4, -0.2) is 73.1 Å². The molecule has 38 heavy (non-hydrogen) atoms. The number of carboxylic acids is 1. The van der Waals surface area contributed by atoms with E-state index in [1.54, 1.807) is 32.5 Å².